The Balaban J connectivity index is 1.75. The molecule has 0 saturated carbocycles. The van der Waals surface area contributed by atoms with Crippen molar-refractivity contribution in [1.82, 2.24) is 10.3 Å². The van der Waals surface area contributed by atoms with Crippen LogP contribution >= 0.6 is 0 Å². The number of aryl methyl sites for hydroxylation is 2. The molecule has 4 nitrogen and oxygen atoms in total. The Morgan fingerprint density at radius 2 is 2.08 bits per heavy atom. The van der Waals surface area contributed by atoms with Crippen molar-refractivity contribution in [3.8, 4) is 0 Å². The Bertz CT molecular complexity index is 689. The molecule has 1 aromatic carbocycles. The third-order valence-electron chi connectivity index (χ3n) is 4.62. The van der Waals surface area contributed by atoms with E-state index in [1.165, 1.54) is 11.1 Å². The van der Waals surface area contributed by atoms with E-state index in [4.69, 9.17) is 4.74 Å². The number of rotatable bonds is 6. The molecule has 3 rings (SSSR count). The summed E-state index contributed by atoms with van der Waals surface area (Å²) in [5.74, 6) is 0.0588. The van der Waals surface area contributed by atoms with Gasteiger partial charge in [-0.05, 0) is 50.3 Å². The van der Waals surface area contributed by atoms with Gasteiger partial charge in [0.2, 0.25) is 5.91 Å². The molecule has 1 amide bonds. The summed E-state index contributed by atoms with van der Waals surface area (Å²) in [6, 6.07) is 10.1. The lowest BCUT2D eigenvalue weighted by Crippen LogP contribution is -2.30. The van der Waals surface area contributed by atoms with E-state index >= 15 is 0 Å². The monoisotopic (exact) mass is 338 g/mol. The van der Waals surface area contributed by atoms with Crippen molar-refractivity contribution in [3.05, 3.63) is 65.0 Å². The molecule has 1 aliphatic heterocycles. The number of nitrogens with zero attached hydrogens (tertiary/aromatic N) is 1. The minimum atomic E-state index is -0.177. The van der Waals surface area contributed by atoms with Gasteiger partial charge in [-0.15, -0.1) is 0 Å². The first-order valence-corrected chi connectivity index (χ1v) is 9.01. The van der Waals surface area contributed by atoms with Crippen LogP contribution in [0.25, 0.3) is 0 Å². The number of pyridine rings is 1. The predicted octanol–water partition coefficient (Wildman–Crippen LogP) is 3.86. The van der Waals surface area contributed by atoms with Gasteiger partial charge in [0.05, 0.1) is 12.1 Å². The Morgan fingerprint density at radius 3 is 2.72 bits per heavy atom. The van der Waals surface area contributed by atoms with E-state index in [-0.39, 0.29) is 18.1 Å². The molecule has 1 N–H and O–H groups in total. The van der Waals surface area contributed by atoms with E-state index in [1.54, 1.807) is 6.20 Å². The van der Waals surface area contributed by atoms with E-state index in [0.29, 0.717) is 6.42 Å². The van der Waals surface area contributed by atoms with Gasteiger partial charge in [0.15, 0.2) is 0 Å². The molecule has 1 aliphatic rings. The van der Waals surface area contributed by atoms with E-state index in [1.807, 2.05) is 18.3 Å². The molecule has 132 valence electrons. The van der Waals surface area contributed by atoms with Crippen LogP contribution in [-0.4, -0.2) is 23.6 Å². The summed E-state index contributed by atoms with van der Waals surface area (Å²) in [6.45, 7) is 4.99. The largest absolute Gasteiger partial charge is 0.378 e. The number of aromatic nitrogens is 1. The molecule has 1 fully saturated rings. The third kappa shape index (κ3) is 4.89. The van der Waals surface area contributed by atoms with Crippen LogP contribution in [0.1, 0.15) is 54.0 Å². The summed E-state index contributed by atoms with van der Waals surface area (Å²) in [6.07, 6.45) is 7.27. The molecule has 0 aliphatic carbocycles. The van der Waals surface area contributed by atoms with Crippen LogP contribution in [0.15, 0.2) is 42.7 Å². The topological polar surface area (TPSA) is 51.2 Å². The summed E-state index contributed by atoms with van der Waals surface area (Å²) >= 11 is 0. The fraction of sp³-hybridized carbons (Fsp3) is 0.429. The summed E-state index contributed by atoms with van der Waals surface area (Å²) in [4.78, 5) is 16.8. The average molecular weight is 338 g/mol. The van der Waals surface area contributed by atoms with Crippen LogP contribution in [0.4, 0.5) is 0 Å². The van der Waals surface area contributed by atoms with Gasteiger partial charge in [0.1, 0.15) is 0 Å². The molecule has 2 aromatic rings. The molecule has 0 unspecified atom stereocenters. The van der Waals surface area contributed by atoms with E-state index < -0.39 is 0 Å². The number of amides is 1. The molecule has 0 bridgehead atoms. The summed E-state index contributed by atoms with van der Waals surface area (Å²) < 4.78 is 5.62. The molecule has 25 heavy (non-hydrogen) atoms. The smallest absolute Gasteiger partial charge is 0.220 e. The normalized spacial score (nSPS) is 18.1. The number of carbonyl (C=O) groups excluding carboxylic acids is 1. The number of carbonyl (C=O) groups is 1. The predicted molar refractivity (Wildman–Crippen MR) is 98.3 cm³/mol. The molecule has 0 radical (unpaired) electrons. The maximum absolute atomic E-state index is 12.5. The first-order valence-electron chi connectivity index (χ1n) is 9.01. The Morgan fingerprint density at radius 1 is 1.28 bits per heavy atom. The summed E-state index contributed by atoms with van der Waals surface area (Å²) in [5.41, 5.74) is 4.48. The van der Waals surface area contributed by atoms with E-state index in [2.05, 4.69) is 42.3 Å². The molecule has 2 heterocycles. The second-order valence-electron chi connectivity index (χ2n) is 6.88. The van der Waals surface area contributed by atoms with Gasteiger partial charge in [-0.25, -0.2) is 0 Å². The zero-order chi connectivity index (χ0) is 17.6. The van der Waals surface area contributed by atoms with Gasteiger partial charge in [0, 0.05) is 25.4 Å². The summed E-state index contributed by atoms with van der Waals surface area (Å²) in [5, 5.41) is 3.19. The Hall–Kier alpha value is -2.20. The molecular weight excluding hydrogens is 312 g/mol. The third-order valence-corrected chi connectivity index (χ3v) is 4.62. The number of nitrogens with one attached hydrogen (secondary N) is 1. The minimum absolute atomic E-state index is 0.0588. The highest BCUT2D eigenvalue weighted by Gasteiger charge is 2.20. The van der Waals surface area contributed by atoms with Crippen molar-refractivity contribution in [3.63, 3.8) is 0 Å². The number of hydrogen-bond donors (Lipinski definition) is 1. The van der Waals surface area contributed by atoms with Crippen molar-refractivity contribution in [2.45, 2.75) is 51.7 Å². The van der Waals surface area contributed by atoms with Gasteiger partial charge in [-0.3, -0.25) is 9.78 Å². The first kappa shape index (κ1) is 17.6. The van der Waals surface area contributed by atoms with Gasteiger partial charge < -0.3 is 10.1 Å². The van der Waals surface area contributed by atoms with Crippen LogP contribution in [0.5, 0.6) is 0 Å². The molecule has 2 atom stereocenters. The molecule has 1 aromatic heterocycles. The second-order valence-corrected chi connectivity index (χ2v) is 6.88. The molecule has 0 spiro atoms. The van der Waals surface area contributed by atoms with E-state index in [9.17, 15) is 4.79 Å². The minimum Gasteiger partial charge on any atom is -0.378 e. The Labute approximate surface area is 149 Å². The van der Waals surface area contributed by atoms with Crippen LogP contribution in [0.3, 0.4) is 0 Å². The van der Waals surface area contributed by atoms with Crippen LogP contribution < -0.4 is 5.32 Å². The lowest BCUT2D eigenvalue weighted by molar-refractivity contribution is -0.122. The van der Waals surface area contributed by atoms with Crippen molar-refractivity contribution >= 4 is 5.91 Å². The van der Waals surface area contributed by atoms with Crippen molar-refractivity contribution in [2.75, 3.05) is 6.61 Å². The van der Waals surface area contributed by atoms with Gasteiger partial charge in [0.25, 0.3) is 0 Å². The summed E-state index contributed by atoms with van der Waals surface area (Å²) in [7, 11) is 0. The van der Waals surface area contributed by atoms with Crippen molar-refractivity contribution in [1.29, 1.82) is 0 Å². The van der Waals surface area contributed by atoms with Crippen LogP contribution in [-0.2, 0) is 9.53 Å². The standard InChI is InChI=1S/C21H26N2O2/c1-15-11-16(2)13-18(12-15)21(17-5-3-9-22-14-17)23-20(24)8-7-19-6-4-10-25-19/h3,5,9,11-14,19,21H,4,6-8,10H2,1-2H3,(H,23,24)/t19-,21+/m1/s1. The highest BCUT2D eigenvalue weighted by molar-refractivity contribution is 5.77. The van der Waals surface area contributed by atoms with Gasteiger partial charge in [-0.2, -0.15) is 0 Å². The van der Waals surface area contributed by atoms with Gasteiger partial charge >= 0.3 is 0 Å². The number of hydrogen-bond acceptors (Lipinski definition) is 3. The van der Waals surface area contributed by atoms with Crippen molar-refractivity contribution in [2.24, 2.45) is 0 Å². The zero-order valence-electron chi connectivity index (χ0n) is 15.0. The fourth-order valence-corrected chi connectivity index (χ4v) is 3.48. The lowest BCUT2D eigenvalue weighted by Gasteiger charge is -2.21. The highest BCUT2D eigenvalue weighted by atomic mass is 16.5. The fourth-order valence-electron chi connectivity index (χ4n) is 3.48. The molecule has 1 saturated heterocycles. The lowest BCUT2D eigenvalue weighted by atomic mass is 9.96. The average Bonchev–Trinajstić information content (AvgIpc) is 3.11. The van der Waals surface area contributed by atoms with Crippen LogP contribution in [0, 0.1) is 13.8 Å². The van der Waals surface area contributed by atoms with Crippen molar-refractivity contribution < 1.29 is 9.53 Å². The van der Waals surface area contributed by atoms with Gasteiger partial charge in [-0.1, -0.05) is 35.4 Å². The molecular formula is C21H26N2O2. The maximum atomic E-state index is 12.5. The Kier molecular flexibility index (Phi) is 5.82. The second kappa shape index (κ2) is 8.26. The van der Waals surface area contributed by atoms with Crippen LogP contribution in [0.2, 0.25) is 0 Å². The van der Waals surface area contributed by atoms with E-state index in [0.717, 1.165) is 37.0 Å². The molecule has 4 heteroatoms. The number of ether oxygens (including phenoxy) is 1. The first-order chi connectivity index (χ1) is 12.1. The SMILES string of the molecule is Cc1cc(C)cc([C@@H](NC(=O)CC[C@H]2CCCO2)c2cccnc2)c1. The number of benzene rings is 1. The maximum Gasteiger partial charge on any atom is 0.220 e. The zero-order valence-corrected chi connectivity index (χ0v) is 15.0. The quantitative estimate of drug-likeness (QED) is 0.870. The highest BCUT2D eigenvalue weighted by Crippen LogP contribution is 2.24.